The fraction of sp³-hybridized carbons (Fsp3) is 0.111. The molecule has 1 aromatic carbocycles. The smallest absolute Gasteiger partial charge is 0.105 e. The molecule has 1 aromatic rings. The lowest BCUT2D eigenvalue weighted by atomic mass is 10.2. The van der Waals surface area contributed by atoms with Gasteiger partial charge in [0.05, 0.1) is 6.20 Å². The van der Waals surface area contributed by atoms with E-state index in [4.69, 9.17) is 0 Å². The summed E-state index contributed by atoms with van der Waals surface area (Å²) in [5, 5.41) is 2.05. The summed E-state index contributed by atoms with van der Waals surface area (Å²) in [7, 11) is 0. The lowest BCUT2D eigenvalue weighted by molar-refractivity contribution is -0.604. The quantitative estimate of drug-likeness (QED) is 0.593. The Kier molecular flexibility index (Phi) is 5.80. The summed E-state index contributed by atoms with van der Waals surface area (Å²) in [6, 6.07) is 10.3. The van der Waals surface area contributed by atoms with Crippen LogP contribution >= 0.6 is 0 Å². The molecule has 0 aliphatic carbocycles. The summed E-state index contributed by atoms with van der Waals surface area (Å²) in [5.74, 6) is 0. The molecule has 0 unspecified atom stereocenters. The second-order valence-corrected chi connectivity index (χ2v) is 2.16. The minimum Gasteiger partial charge on any atom is -1.00 e. The van der Waals surface area contributed by atoms with E-state index < -0.39 is 0 Å². The van der Waals surface area contributed by atoms with Gasteiger partial charge in [-0.1, -0.05) is 30.3 Å². The number of rotatable bonds is 3. The van der Waals surface area contributed by atoms with E-state index in [1.54, 1.807) is 0 Å². The van der Waals surface area contributed by atoms with Crippen LogP contribution in [0.2, 0.25) is 0 Å². The molecule has 2 heteroatoms. The van der Waals surface area contributed by atoms with Crippen molar-refractivity contribution >= 4 is 0 Å². The Morgan fingerprint density at radius 1 is 1.27 bits per heavy atom. The maximum Gasteiger partial charge on any atom is 0.105 e. The first-order valence-corrected chi connectivity index (χ1v) is 3.41. The van der Waals surface area contributed by atoms with Gasteiger partial charge in [0.25, 0.3) is 0 Å². The molecule has 0 amide bonds. The van der Waals surface area contributed by atoms with E-state index in [-0.39, 0.29) is 17.0 Å². The lowest BCUT2D eigenvalue weighted by Crippen LogP contribution is -3.00. The van der Waals surface area contributed by atoms with E-state index in [1.807, 2.05) is 24.4 Å². The molecule has 1 nitrogen and oxygen atoms in total. The van der Waals surface area contributed by atoms with E-state index in [0.717, 1.165) is 6.54 Å². The van der Waals surface area contributed by atoms with Crippen molar-refractivity contribution in [3.63, 3.8) is 0 Å². The second kappa shape index (κ2) is 6.13. The zero-order valence-corrected chi connectivity index (χ0v) is 7.92. The topological polar surface area (TPSA) is 16.6 Å². The second-order valence-electron chi connectivity index (χ2n) is 2.16. The van der Waals surface area contributed by atoms with Gasteiger partial charge in [0.2, 0.25) is 0 Å². The molecule has 0 aliphatic rings. The number of hydrogen-bond donors (Lipinski definition) is 1. The Balaban J connectivity index is 0.000001000. The van der Waals surface area contributed by atoms with Crippen molar-refractivity contribution < 1.29 is 22.3 Å². The van der Waals surface area contributed by atoms with Crippen LogP contribution in [0.15, 0.2) is 43.1 Å². The van der Waals surface area contributed by atoms with E-state index in [0.29, 0.717) is 0 Å². The van der Waals surface area contributed by atoms with Gasteiger partial charge < -0.3 is 22.3 Å². The van der Waals surface area contributed by atoms with Crippen molar-refractivity contribution in [1.82, 2.24) is 0 Å². The highest BCUT2D eigenvalue weighted by molar-refractivity contribution is 5.12. The third-order valence-corrected chi connectivity index (χ3v) is 1.36. The van der Waals surface area contributed by atoms with Crippen LogP contribution in [-0.2, 0) is 6.54 Å². The van der Waals surface area contributed by atoms with Crippen molar-refractivity contribution in [3.8, 4) is 0 Å². The predicted octanol–water partition coefficient (Wildman–Crippen LogP) is -2.10. The van der Waals surface area contributed by atoms with Crippen LogP contribution in [0.3, 0.4) is 0 Å². The van der Waals surface area contributed by atoms with Crippen molar-refractivity contribution in [2.24, 2.45) is 0 Å². The van der Waals surface area contributed by atoms with Crippen LogP contribution in [0.1, 0.15) is 5.56 Å². The zero-order valence-electron chi connectivity index (χ0n) is 6.33. The molecule has 1 rings (SSSR count). The molecule has 0 aromatic heterocycles. The molecule has 0 saturated carbocycles. The van der Waals surface area contributed by atoms with Crippen LogP contribution < -0.4 is 22.3 Å². The molecular weight excluding hydrogens is 202 g/mol. The number of quaternary nitrogens is 1. The van der Waals surface area contributed by atoms with Crippen molar-refractivity contribution in [2.75, 3.05) is 0 Å². The summed E-state index contributed by atoms with van der Waals surface area (Å²) < 4.78 is 0. The van der Waals surface area contributed by atoms with E-state index in [1.165, 1.54) is 5.56 Å². The van der Waals surface area contributed by atoms with Crippen molar-refractivity contribution in [3.05, 3.63) is 48.7 Å². The van der Waals surface area contributed by atoms with Gasteiger partial charge in [0, 0.05) is 5.56 Å². The number of benzene rings is 1. The summed E-state index contributed by atoms with van der Waals surface area (Å²) in [6.07, 6.45) is 1.83. The minimum atomic E-state index is 0. The third kappa shape index (κ3) is 3.96. The first kappa shape index (κ1) is 10.4. The Morgan fingerprint density at radius 3 is 2.45 bits per heavy atom. The molecule has 0 fully saturated rings. The molecule has 0 bridgehead atoms. The highest BCUT2D eigenvalue weighted by atomic mass is 79.9. The minimum absolute atomic E-state index is 0. The highest BCUT2D eigenvalue weighted by Crippen LogP contribution is 1.93. The summed E-state index contributed by atoms with van der Waals surface area (Å²) in [4.78, 5) is 0. The lowest BCUT2D eigenvalue weighted by Gasteiger charge is -1.93. The van der Waals surface area contributed by atoms with Crippen molar-refractivity contribution in [2.45, 2.75) is 6.54 Å². The maximum atomic E-state index is 3.62. The average Bonchev–Trinajstić information content (AvgIpc) is 2.03. The van der Waals surface area contributed by atoms with Crippen LogP contribution in [0.4, 0.5) is 0 Å². The molecule has 11 heavy (non-hydrogen) atoms. The van der Waals surface area contributed by atoms with Gasteiger partial charge in [-0.2, -0.15) is 0 Å². The molecule has 0 spiro atoms. The van der Waals surface area contributed by atoms with Crippen LogP contribution in [-0.4, -0.2) is 0 Å². The van der Waals surface area contributed by atoms with E-state index in [9.17, 15) is 0 Å². The fourth-order valence-corrected chi connectivity index (χ4v) is 0.834. The predicted molar refractivity (Wildman–Crippen MR) is 42.3 cm³/mol. The van der Waals surface area contributed by atoms with Crippen molar-refractivity contribution in [1.29, 1.82) is 0 Å². The highest BCUT2D eigenvalue weighted by Gasteiger charge is 1.87. The molecular formula is C9H12BrN. The van der Waals surface area contributed by atoms with Crippen LogP contribution in [0.5, 0.6) is 0 Å². The third-order valence-electron chi connectivity index (χ3n) is 1.36. The van der Waals surface area contributed by atoms with Gasteiger partial charge in [-0.25, -0.2) is 0 Å². The largest absolute Gasteiger partial charge is 1.00 e. The maximum absolute atomic E-state index is 3.62. The Bertz CT molecular complexity index is 196. The van der Waals surface area contributed by atoms with Crippen LogP contribution in [0, 0.1) is 0 Å². The van der Waals surface area contributed by atoms with Gasteiger partial charge >= 0.3 is 0 Å². The number of hydrogen-bond acceptors (Lipinski definition) is 0. The molecule has 2 N–H and O–H groups in total. The SMILES string of the molecule is C=C[NH2+]Cc1ccccc1.[Br-]. The Hall–Kier alpha value is -0.600. The molecule has 0 saturated heterocycles. The monoisotopic (exact) mass is 213 g/mol. The summed E-state index contributed by atoms with van der Waals surface area (Å²) in [6.45, 7) is 4.61. The average molecular weight is 214 g/mol. The first-order chi connectivity index (χ1) is 4.93. The number of nitrogens with two attached hydrogens (primary N) is 1. The molecule has 0 aliphatic heterocycles. The van der Waals surface area contributed by atoms with Gasteiger partial charge in [-0.05, 0) is 6.58 Å². The molecule has 60 valence electrons. The summed E-state index contributed by atoms with van der Waals surface area (Å²) >= 11 is 0. The van der Waals surface area contributed by atoms with Gasteiger partial charge in [-0.3, -0.25) is 0 Å². The number of halogens is 1. The van der Waals surface area contributed by atoms with Gasteiger partial charge in [0.1, 0.15) is 6.54 Å². The van der Waals surface area contributed by atoms with Gasteiger partial charge in [0.15, 0.2) is 0 Å². The van der Waals surface area contributed by atoms with Crippen LogP contribution in [0.25, 0.3) is 0 Å². The zero-order chi connectivity index (χ0) is 7.23. The fourth-order valence-electron chi connectivity index (χ4n) is 0.834. The summed E-state index contributed by atoms with van der Waals surface area (Å²) in [5.41, 5.74) is 1.34. The normalized spacial score (nSPS) is 8.36. The molecule has 0 radical (unpaired) electrons. The van der Waals surface area contributed by atoms with Gasteiger partial charge in [-0.15, -0.1) is 0 Å². The first-order valence-electron chi connectivity index (χ1n) is 3.41. The van der Waals surface area contributed by atoms with E-state index in [2.05, 4.69) is 24.0 Å². The standard InChI is InChI=1S/C9H11N.BrH/c1-2-10-8-9-6-4-3-5-7-9;/h2-7,10H,1,8H2;1H. The Morgan fingerprint density at radius 2 is 1.91 bits per heavy atom. The molecule has 0 heterocycles. The molecule has 0 atom stereocenters. The van der Waals surface area contributed by atoms with E-state index >= 15 is 0 Å². The Labute approximate surface area is 77.9 Å².